The van der Waals surface area contributed by atoms with Crippen LogP contribution < -0.4 is 0 Å². The van der Waals surface area contributed by atoms with Gasteiger partial charge in [0.1, 0.15) is 5.69 Å². The van der Waals surface area contributed by atoms with Gasteiger partial charge in [0.2, 0.25) is 0 Å². The van der Waals surface area contributed by atoms with Crippen LogP contribution in [0.5, 0.6) is 0 Å². The molecule has 1 aliphatic carbocycles. The van der Waals surface area contributed by atoms with Gasteiger partial charge < -0.3 is 9.30 Å². The third-order valence-electron chi connectivity index (χ3n) is 3.50. The van der Waals surface area contributed by atoms with E-state index in [0.717, 1.165) is 12.8 Å². The Morgan fingerprint density at radius 2 is 2.28 bits per heavy atom. The molecule has 1 aromatic carbocycles. The summed E-state index contributed by atoms with van der Waals surface area (Å²) in [6, 6.07) is 8.54. The van der Waals surface area contributed by atoms with Crippen molar-refractivity contribution in [3.8, 4) is 0 Å². The predicted octanol–water partition coefficient (Wildman–Crippen LogP) is 2.21. The minimum Gasteiger partial charge on any atom is -0.464 e. The van der Waals surface area contributed by atoms with Gasteiger partial charge in [-0.25, -0.2) is 9.78 Å². The van der Waals surface area contributed by atoms with Gasteiger partial charge in [-0.3, -0.25) is 0 Å². The maximum Gasteiger partial charge on any atom is 0.356 e. The maximum absolute atomic E-state index is 11.7. The average molecular weight is 242 g/mol. The lowest BCUT2D eigenvalue weighted by Gasteiger charge is -2.15. The number of aromatic nitrogens is 2. The van der Waals surface area contributed by atoms with E-state index in [1.54, 1.807) is 12.5 Å². The molecule has 4 nitrogen and oxygen atoms in total. The lowest BCUT2D eigenvalue weighted by molar-refractivity contribution is 0.0587. The molecule has 0 fully saturated rings. The number of benzene rings is 1. The molecule has 0 aliphatic heterocycles. The Hall–Kier alpha value is -2.10. The van der Waals surface area contributed by atoms with Crippen molar-refractivity contribution in [2.75, 3.05) is 7.11 Å². The number of fused-ring (bicyclic) bond motifs is 1. The summed E-state index contributed by atoms with van der Waals surface area (Å²) in [4.78, 5) is 15.8. The van der Waals surface area contributed by atoms with Crippen LogP contribution in [0.2, 0.25) is 0 Å². The number of carbonyl (C=O) groups is 1. The third kappa shape index (κ3) is 1.61. The predicted molar refractivity (Wildman–Crippen MR) is 66.5 cm³/mol. The Kier molecular flexibility index (Phi) is 2.63. The lowest BCUT2D eigenvalue weighted by atomic mass is 10.1. The Balaban J connectivity index is 2.03. The van der Waals surface area contributed by atoms with Gasteiger partial charge in [0.25, 0.3) is 0 Å². The number of hydrogen-bond acceptors (Lipinski definition) is 3. The molecule has 0 spiro atoms. The van der Waals surface area contributed by atoms with Crippen molar-refractivity contribution in [3.63, 3.8) is 0 Å². The van der Waals surface area contributed by atoms with Crippen molar-refractivity contribution < 1.29 is 9.53 Å². The van der Waals surface area contributed by atoms with Crippen LogP contribution in [0.15, 0.2) is 36.8 Å². The first-order chi connectivity index (χ1) is 8.81. The number of ether oxygens (including phenoxy) is 1. The standard InChI is InChI=1S/C14H14N2O2/c1-18-14(17)13-8-15-9-16(13)12-7-6-10-4-2-3-5-11(10)12/h2-5,8-9,12H,6-7H2,1H3. The van der Waals surface area contributed by atoms with Crippen LogP contribution in [-0.4, -0.2) is 22.6 Å². The highest BCUT2D eigenvalue weighted by atomic mass is 16.5. The van der Waals surface area contributed by atoms with E-state index in [0.29, 0.717) is 5.69 Å². The number of esters is 1. The molecule has 0 amide bonds. The first-order valence-electron chi connectivity index (χ1n) is 5.99. The zero-order valence-electron chi connectivity index (χ0n) is 10.2. The molecule has 2 aromatic rings. The molecule has 0 saturated carbocycles. The van der Waals surface area contributed by atoms with Gasteiger partial charge in [0.05, 0.1) is 25.7 Å². The van der Waals surface area contributed by atoms with Gasteiger partial charge in [-0.15, -0.1) is 0 Å². The van der Waals surface area contributed by atoms with Gasteiger partial charge in [0.15, 0.2) is 0 Å². The van der Waals surface area contributed by atoms with E-state index in [4.69, 9.17) is 4.74 Å². The fraction of sp³-hybridized carbons (Fsp3) is 0.286. The summed E-state index contributed by atoms with van der Waals surface area (Å²) >= 11 is 0. The minimum absolute atomic E-state index is 0.192. The number of imidazole rings is 1. The summed E-state index contributed by atoms with van der Waals surface area (Å²) in [5.74, 6) is -0.336. The molecule has 1 heterocycles. The zero-order valence-corrected chi connectivity index (χ0v) is 10.2. The van der Waals surface area contributed by atoms with Crippen molar-refractivity contribution >= 4 is 5.97 Å². The van der Waals surface area contributed by atoms with Crippen molar-refractivity contribution in [2.45, 2.75) is 18.9 Å². The van der Waals surface area contributed by atoms with Crippen molar-refractivity contribution in [3.05, 3.63) is 53.6 Å². The largest absolute Gasteiger partial charge is 0.464 e. The summed E-state index contributed by atoms with van der Waals surface area (Å²) < 4.78 is 6.70. The molecule has 0 radical (unpaired) electrons. The number of rotatable bonds is 2. The summed E-state index contributed by atoms with van der Waals surface area (Å²) in [5, 5.41) is 0. The first kappa shape index (κ1) is 11.0. The number of aryl methyl sites for hydroxylation is 1. The van der Waals surface area contributed by atoms with Crippen molar-refractivity contribution in [1.29, 1.82) is 0 Å². The van der Waals surface area contributed by atoms with Gasteiger partial charge in [-0.2, -0.15) is 0 Å². The summed E-state index contributed by atoms with van der Waals surface area (Å²) in [6.07, 6.45) is 5.31. The van der Waals surface area contributed by atoms with Crippen LogP contribution >= 0.6 is 0 Å². The molecular weight excluding hydrogens is 228 g/mol. The van der Waals surface area contributed by atoms with Crippen LogP contribution in [0.3, 0.4) is 0 Å². The first-order valence-corrected chi connectivity index (χ1v) is 5.99. The molecular formula is C14H14N2O2. The molecule has 1 aromatic heterocycles. The lowest BCUT2D eigenvalue weighted by Crippen LogP contribution is -2.14. The molecule has 0 saturated heterocycles. The van der Waals surface area contributed by atoms with E-state index in [9.17, 15) is 4.79 Å². The van der Waals surface area contributed by atoms with Gasteiger partial charge in [-0.1, -0.05) is 24.3 Å². The van der Waals surface area contributed by atoms with Crippen LogP contribution in [0.25, 0.3) is 0 Å². The van der Waals surface area contributed by atoms with E-state index in [1.807, 2.05) is 10.6 Å². The fourth-order valence-corrected chi connectivity index (χ4v) is 2.64. The quantitative estimate of drug-likeness (QED) is 0.758. The SMILES string of the molecule is COC(=O)c1cncn1C1CCc2ccccc21. The Morgan fingerprint density at radius 3 is 3.11 bits per heavy atom. The topological polar surface area (TPSA) is 44.1 Å². The Labute approximate surface area is 105 Å². The molecule has 4 heteroatoms. The van der Waals surface area contributed by atoms with E-state index in [-0.39, 0.29) is 12.0 Å². The second kappa shape index (κ2) is 4.29. The smallest absolute Gasteiger partial charge is 0.356 e. The second-order valence-electron chi connectivity index (χ2n) is 4.43. The zero-order chi connectivity index (χ0) is 12.5. The Bertz CT molecular complexity index is 589. The van der Waals surface area contributed by atoms with Crippen molar-refractivity contribution in [1.82, 2.24) is 9.55 Å². The molecule has 1 unspecified atom stereocenters. The van der Waals surface area contributed by atoms with Crippen LogP contribution in [0, 0.1) is 0 Å². The molecule has 1 aliphatic rings. The number of hydrogen-bond donors (Lipinski definition) is 0. The van der Waals surface area contributed by atoms with E-state index >= 15 is 0 Å². The normalized spacial score (nSPS) is 17.5. The van der Waals surface area contributed by atoms with Gasteiger partial charge in [-0.05, 0) is 24.0 Å². The highest BCUT2D eigenvalue weighted by molar-refractivity contribution is 5.87. The molecule has 3 rings (SSSR count). The second-order valence-corrected chi connectivity index (χ2v) is 4.43. The van der Waals surface area contributed by atoms with Gasteiger partial charge in [0, 0.05) is 0 Å². The highest BCUT2D eigenvalue weighted by Gasteiger charge is 2.26. The molecule has 92 valence electrons. The Morgan fingerprint density at radius 1 is 1.44 bits per heavy atom. The fourth-order valence-electron chi connectivity index (χ4n) is 2.64. The third-order valence-corrected chi connectivity index (χ3v) is 3.50. The number of methoxy groups -OCH3 is 1. The minimum atomic E-state index is -0.336. The van der Waals surface area contributed by atoms with Crippen LogP contribution in [0.4, 0.5) is 0 Å². The molecule has 0 N–H and O–H groups in total. The molecule has 0 bridgehead atoms. The highest BCUT2D eigenvalue weighted by Crippen LogP contribution is 2.34. The molecule has 18 heavy (non-hydrogen) atoms. The summed E-state index contributed by atoms with van der Waals surface area (Å²) in [6.45, 7) is 0. The van der Waals surface area contributed by atoms with Crippen LogP contribution in [-0.2, 0) is 11.2 Å². The maximum atomic E-state index is 11.7. The average Bonchev–Trinajstić information content (AvgIpc) is 3.03. The van der Waals surface area contributed by atoms with Crippen molar-refractivity contribution in [2.24, 2.45) is 0 Å². The number of carbonyl (C=O) groups excluding carboxylic acids is 1. The van der Waals surface area contributed by atoms with E-state index in [2.05, 4.69) is 23.2 Å². The van der Waals surface area contributed by atoms with E-state index in [1.165, 1.54) is 18.2 Å². The number of nitrogens with zero attached hydrogens (tertiary/aromatic N) is 2. The van der Waals surface area contributed by atoms with E-state index < -0.39 is 0 Å². The van der Waals surface area contributed by atoms with Crippen LogP contribution in [0.1, 0.15) is 34.1 Å². The monoisotopic (exact) mass is 242 g/mol. The molecule has 1 atom stereocenters. The van der Waals surface area contributed by atoms with Gasteiger partial charge >= 0.3 is 5.97 Å². The summed E-state index contributed by atoms with van der Waals surface area (Å²) in [5.41, 5.74) is 3.15. The summed E-state index contributed by atoms with van der Waals surface area (Å²) in [7, 11) is 1.39.